The van der Waals surface area contributed by atoms with Gasteiger partial charge in [-0.1, -0.05) is 0 Å². The van der Waals surface area contributed by atoms with Crippen LogP contribution in [0.3, 0.4) is 0 Å². The zero-order chi connectivity index (χ0) is 0. The average molecular weight is 199 g/mol. The molecule has 0 aliphatic carbocycles. The molecule has 0 bridgehead atoms. The van der Waals surface area contributed by atoms with E-state index < -0.39 is 0 Å². The van der Waals surface area contributed by atoms with Crippen LogP contribution in [0.5, 0.6) is 0 Å². The first-order valence-corrected chi connectivity index (χ1v) is 0. The molecule has 0 aliphatic rings. The van der Waals surface area contributed by atoms with Crippen LogP contribution in [0.25, 0.3) is 0 Å². The van der Waals surface area contributed by atoms with Gasteiger partial charge in [0.15, 0.2) is 34.7 Å². The van der Waals surface area contributed by atoms with Gasteiger partial charge in [0.1, 0.15) is 0 Å². The molecule has 4 heavy (non-hydrogen) atoms. The second kappa shape index (κ2) is 17.4. The van der Waals surface area contributed by atoms with Gasteiger partial charge in [-0.15, -0.1) is 0 Å². The van der Waals surface area contributed by atoms with Gasteiger partial charge in [-0.2, -0.15) is 0 Å². The van der Waals surface area contributed by atoms with Crippen molar-refractivity contribution in [2.45, 2.75) is 0 Å². The molecule has 0 rings (SSSR count). The number of hydrogen-bond donors (Lipinski definition) is 0. The molecule has 0 saturated carbocycles. The molecule has 0 N–H and O–H groups in total. The van der Waals surface area contributed by atoms with Crippen LogP contribution in [0.1, 0.15) is 0 Å². The molecule has 0 saturated heterocycles. The maximum atomic E-state index is 0. The van der Waals surface area contributed by atoms with Crippen molar-refractivity contribution in [2.75, 3.05) is 0 Å². The molecular formula is H6Al2TiZr. The van der Waals surface area contributed by atoms with Crippen molar-refractivity contribution in [3.8, 4) is 0 Å². The molecule has 0 fully saturated rings. The Balaban J connectivity index is 0. The van der Waals surface area contributed by atoms with Crippen LogP contribution in [-0.4, -0.2) is 34.7 Å². The van der Waals surface area contributed by atoms with E-state index in [4.69, 9.17) is 0 Å². The van der Waals surface area contributed by atoms with Crippen LogP contribution in [0.15, 0.2) is 0 Å². The van der Waals surface area contributed by atoms with Crippen molar-refractivity contribution < 1.29 is 47.9 Å². The summed E-state index contributed by atoms with van der Waals surface area (Å²) in [7, 11) is 0. The Morgan fingerprint density at radius 3 is 0.750 bits per heavy atom. The summed E-state index contributed by atoms with van der Waals surface area (Å²) >= 11 is 0. The van der Waals surface area contributed by atoms with Gasteiger partial charge in [0.05, 0.1) is 0 Å². The van der Waals surface area contributed by atoms with Gasteiger partial charge in [-0.25, -0.2) is 0 Å². The van der Waals surface area contributed by atoms with Crippen LogP contribution >= 0.6 is 0 Å². The Kier molecular flexibility index (Phi) is 131. The third-order valence-electron chi connectivity index (χ3n) is 0. The first-order chi connectivity index (χ1) is 0. The molecule has 0 aromatic rings. The number of rotatable bonds is 0. The quantitative estimate of drug-likeness (QED) is 0.382. The zero-order valence-corrected chi connectivity index (χ0v) is 5.02. The maximum absolute atomic E-state index is 0. The van der Waals surface area contributed by atoms with Gasteiger partial charge >= 0.3 is 0 Å². The van der Waals surface area contributed by atoms with Crippen LogP contribution in [0.4, 0.5) is 0 Å². The monoisotopic (exact) mass is 198 g/mol. The standard InChI is InChI=1S/2Al.Ti.Zr.6H. The molecule has 0 aliphatic heterocycles. The van der Waals surface area contributed by atoms with E-state index >= 15 is 0 Å². The van der Waals surface area contributed by atoms with E-state index in [2.05, 4.69) is 0 Å². The van der Waals surface area contributed by atoms with Crippen LogP contribution in [0.2, 0.25) is 0 Å². The third kappa shape index (κ3) is 8.82. The van der Waals surface area contributed by atoms with E-state index in [1.165, 1.54) is 0 Å². The fourth-order valence-corrected chi connectivity index (χ4v) is 0. The summed E-state index contributed by atoms with van der Waals surface area (Å²) < 4.78 is 0. The smallest absolute Gasteiger partial charge is 0 e. The minimum absolute atomic E-state index is 0. The van der Waals surface area contributed by atoms with Gasteiger partial charge < -0.3 is 0 Å². The summed E-state index contributed by atoms with van der Waals surface area (Å²) in [6.45, 7) is 0. The first kappa shape index (κ1) is 30.1. The predicted molar refractivity (Wildman–Crippen MR) is 19.9 cm³/mol. The fraction of sp³-hybridized carbons (Fsp3) is 0. The minimum atomic E-state index is 0. The molecule has 4 heteroatoms. The van der Waals surface area contributed by atoms with E-state index in [-0.39, 0.29) is 82.6 Å². The van der Waals surface area contributed by atoms with E-state index in [0.29, 0.717) is 0 Å². The summed E-state index contributed by atoms with van der Waals surface area (Å²) in [5.74, 6) is 0. The molecule has 20 valence electrons. The van der Waals surface area contributed by atoms with Gasteiger partial charge in [-0.05, 0) is 0 Å². The van der Waals surface area contributed by atoms with Crippen LogP contribution < -0.4 is 0 Å². The molecule has 0 aromatic carbocycles. The van der Waals surface area contributed by atoms with Crippen molar-refractivity contribution in [1.29, 1.82) is 0 Å². The second-order valence-electron chi connectivity index (χ2n) is 0. The van der Waals surface area contributed by atoms with Gasteiger partial charge in [0.2, 0.25) is 0 Å². The topological polar surface area (TPSA) is 0 Å². The van der Waals surface area contributed by atoms with Crippen LogP contribution in [0, 0.1) is 0 Å². The summed E-state index contributed by atoms with van der Waals surface area (Å²) in [6, 6.07) is 0. The van der Waals surface area contributed by atoms with Crippen molar-refractivity contribution in [3.63, 3.8) is 0 Å². The van der Waals surface area contributed by atoms with Crippen molar-refractivity contribution in [3.05, 3.63) is 0 Å². The van der Waals surface area contributed by atoms with Gasteiger partial charge in [-0.3, -0.25) is 0 Å². The molecular weight excluding hydrogens is 193 g/mol. The van der Waals surface area contributed by atoms with Gasteiger partial charge in [0.25, 0.3) is 0 Å². The van der Waals surface area contributed by atoms with Crippen molar-refractivity contribution in [1.82, 2.24) is 0 Å². The molecule has 0 aromatic heterocycles. The number of hydrogen-bond acceptors (Lipinski definition) is 0. The van der Waals surface area contributed by atoms with E-state index in [0.717, 1.165) is 0 Å². The Hall–Kier alpha value is 2.66. The third-order valence-corrected chi connectivity index (χ3v) is 0. The SMILES string of the molecule is [AlH3].[AlH3].[Ti].[Zr]. The Morgan fingerprint density at radius 2 is 0.750 bits per heavy atom. The second-order valence-corrected chi connectivity index (χ2v) is 0. The predicted octanol–water partition coefficient (Wildman–Crippen LogP) is -2.37. The fourth-order valence-electron chi connectivity index (χ4n) is 0. The Labute approximate surface area is 81.4 Å². The molecule has 0 heterocycles. The zero-order valence-electron chi connectivity index (χ0n) is 1.00. The summed E-state index contributed by atoms with van der Waals surface area (Å²) in [5, 5.41) is 0. The maximum Gasteiger partial charge on any atom is 0.187 e. The minimum Gasteiger partial charge on any atom is 0 e. The molecule has 0 nitrogen and oxygen atoms in total. The van der Waals surface area contributed by atoms with Gasteiger partial charge in [0, 0.05) is 47.9 Å². The van der Waals surface area contributed by atoms with Crippen LogP contribution in [-0.2, 0) is 47.9 Å². The Bertz CT molecular complexity index is 6.00. The summed E-state index contributed by atoms with van der Waals surface area (Å²) in [5.41, 5.74) is 0. The first-order valence-electron chi connectivity index (χ1n) is 0. The molecule has 0 unspecified atom stereocenters. The van der Waals surface area contributed by atoms with E-state index in [9.17, 15) is 0 Å². The van der Waals surface area contributed by atoms with Crippen molar-refractivity contribution in [2.24, 2.45) is 0 Å². The summed E-state index contributed by atoms with van der Waals surface area (Å²) in [4.78, 5) is 0. The molecule has 0 atom stereocenters. The van der Waals surface area contributed by atoms with E-state index in [1.807, 2.05) is 0 Å². The normalized spacial score (nSPS) is 0. The summed E-state index contributed by atoms with van der Waals surface area (Å²) in [6.07, 6.45) is 0. The van der Waals surface area contributed by atoms with E-state index in [1.54, 1.807) is 0 Å². The average Bonchev–Trinajstić information content (AvgIpc) is 0. The Morgan fingerprint density at radius 1 is 0.750 bits per heavy atom. The van der Waals surface area contributed by atoms with Crippen molar-refractivity contribution >= 4 is 34.7 Å². The molecule has 0 spiro atoms. The largest absolute Gasteiger partial charge is 0.187 e. The molecule has 0 radical (unpaired) electrons. The molecule has 0 amide bonds.